The van der Waals surface area contributed by atoms with Crippen LogP contribution in [-0.4, -0.2) is 15.1 Å². The van der Waals surface area contributed by atoms with Crippen molar-refractivity contribution in [3.8, 4) is 39.4 Å². The molecule has 244 valence electrons. The van der Waals surface area contributed by atoms with Crippen molar-refractivity contribution < 1.29 is 9.52 Å². The maximum absolute atomic E-state index is 11.0. The van der Waals surface area contributed by atoms with E-state index in [0.29, 0.717) is 11.3 Å². The van der Waals surface area contributed by atoms with Gasteiger partial charge in [-0.3, -0.25) is 4.90 Å². The second-order valence-electron chi connectivity index (χ2n) is 14.6. The Kier molecular flexibility index (Phi) is 8.07. The SMILES string of the molecule is CC(C)(C)c1cc(-c2cc(-c3cccc(N(c4ccccn4)c4cccc5ccoc45)c3)nc(-c3ccccc3O)c2)cc(C(C)(C)C)c1. The summed E-state index contributed by atoms with van der Waals surface area (Å²) in [7, 11) is 0. The zero-order valence-corrected chi connectivity index (χ0v) is 28.9. The summed E-state index contributed by atoms with van der Waals surface area (Å²) in [5.41, 5.74) is 10.4. The summed E-state index contributed by atoms with van der Waals surface area (Å²) in [5.74, 6) is 0.965. The molecule has 49 heavy (non-hydrogen) atoms. The molecule has 0 amide bonds. The minimum Gasteiger partial charge on any atom is -0.507 e. The largest absolute Gasteiger partial charge is 0.507 e. The maximum atomic E-state index is 11.0. The van der Waals surface area contributed by atoms with Gasteiger partial charge in [0, 0.05) is 28.4 Å². The predicted molar refractivity (Wildman–Crippen MR) is 202 cm³/mol. The van der Waals surface area contributed by atoms with Crippen molar-refractivity contribution in [2.24, 2.45) is 0 Å². The van der Waals surface area contributed by atoms with Gasteiger partial charge < -0.3 is 9.52 Å². The number of rotatable bonds is 6. The van der Waals surface area contributed by atoms with E-state index < -0.39 is 0 Å². The molecule has 0 radical (unpaired) electrons. The third-order valence-corrected chi connectivity index (χ3v) is 8.98. The van der Waals surface area contributed by atoms with Crippen LogP contribution < -0.4 is 4.90 Å². The van der Waals surface area contributed by atoms with E-state index in [2.05, 4.69) is 107 Å². The van der Waals surface area contributed by atoms with Crippen LogP contribution in [0, 0.1) is 0 Å². The summed E-state index contributed by atoms with van der Waals surface area (Å²) in [6, 6.07) is 41.0. The first-order valence-corrected chi connectivity index (χ1v) is 16.7. The van der Waals surface area contributed by atoms with E-state index in [1.807, 2.05) is 54.6 Å². The third kappa shape index (κ3) is 6.44. The number of phenolic OH excluding ortho intramolecular Hbond substituents is 1. The summed E-state index contributed by atoms with van der Waals surface area (Å²) in [5, 5.41) is 12.0. The molecule has 3 heterocycles. The summed E-state index contributed by atoms with van der Waals surface area (Å²) in [4.78, 5) is 12.0. The molecule has 5 nitrogen and oxygen atoms in total. The summed E-state index contributed by atoms with van der Waals surface area (Å²) >= 11 is 0. The molecule has 0 aliphatic rings. The van der Waals surface area contributed by atoms with Gasteiger partial charge >= 0.3 is 0 Å². The highest BCUT2D eigenvalue weighted by molar-refractivity contribution is 5.95. The molecular formula is C44H41N3O2. The van der Waals surface area contributed by atoms with E-state index in [1.165, 1.54) is 11.1 Å². The Morgan fingerprint density at radius 3 is 2.02 bits per heavy atom. The fourth-order valence-electron chi connectivity index (χ4n) is 6.17. The first-order chi connectivity index (χ1) is 23.5. The molecule has 0 saturated carbocycles. The van der Waals surface area contributed by atoms with Gasteiger partial charge in [0.2, 0.25) is 0 Å². The van der Waals surface area contributed by atoms with Crippen molar-refractivity contribution in [2.75, 3.05) is 4.90 Å². The summed E-state index contributed by atoms with van der Waals surface area (Å²) < 4.78 is 5.99. The van der Waals surface area contributed by atoms with Crippen molar-refractivity contribution in [3.05, 3.63) is 145 Å². The van der Waals surface area contributed by atoms with E-state index in [4.69, 9.17) is 14.4 Å². The number of aromatic nitrogens is 2. The molecule has 0 spiro atoms. The normalized spacial score (nSPS) is 12.0. The summed E-state index contributed by atoms with van der Waals surface area (Å²) in [6.07, 6.45) is 3.52. The molecule has 0 aliphatic carbocycles. The highest BCUT2D eigenvalue weighted by atomic mass is 16.3. The Bertz CT molecular complexity index is 2240. The monoisotopic (exact) mass is 643 g/mol. The minimum absolute atomic E-state index is 0.0352. The Hall–Kier alpha value is -5.68. The zero-order chi connectivity index (χ0) is 34.3. The van der Waals surface area contributed by atoms with Crippen LogP contribution in [0.3, 0.4) is 0 Å². The van der Waals surface area contributed by atoms with E-state index >= 15 is 0 Å². The Morgan fingerprint density at radius 2 is 1.31 bits per heavy atom. The Balaban J connectivity index is 1.44. The predicted octanol–water partition coefficient (Wildman–Crippen LogP) is 12.0. The van der Waals surface area contributed by atoms with Gasteiger partial charge in [0.15, 0.2) is 5.58 Å². The molecule has 7 rings (SSSR count). The second kappa shape index (κ2) is 12.4. The van der Waals surface area contributed by atoms with Crippen LogP contribution in [0.1, 0.15) is 52.7 Å². The Morgan fingerprint density at radius 1 is 0.612 bits per heavy atom. The van der Waals surface area contributed by atoms with Gasteiger partial charge in [-0.1, -0.05) is 102 Å². The molecular weight excluding hydrogens is 603 g/mol. The lowest BCUT2D eigenvalue weighted by molar-refractivity contribution is 0.477. The van der Waals surface area contributed by atoms with E-state index in [9.17, 15) is 5.11 Å². The van der Waals surface area contributed by atoms with Crippen LogP contribution in [0.15, 0.2) is 138 Å². The van der Waals surface area contributed by atoms with Crippen molar-refractivity contribution in [2.45, 2.75) is 52.4 Å². The molecule has 0 bridgehead atoms. The van der Waals surface area contributed by atoms with Gasteiger partial charge in [0.1, 0.15) is 11.6 Å². The molecule has 0 unspecified atom stereocenters. The molecule has 1 N–H and O–H groups in total. The molecule has 0 saturated heterocycles. The second-order valence-corrected chi connectivity index (χ2v) is 14.6. The van der Waals surface area contributed by atoms with Crippen LogP contribution >= 0.6 is 0 Å². The molecule has 0 aliphatic heterocycles. The van der Waals surface area contributed by atoms with E-state index in [1.54, 1.807) is 18.5 Å². The third-order valence-electron chi connectivity index (χ3n) is 8.98. The number of aromatic hydroxyl groups is 1. The number of phenols is 1. The number of hydrogen-bond acceptors (Lipinski definition) is 5. The topological polar surface area (TPSA) is 62.4 Å². The smallest absolute Gasteiger partial charge is 0.157 e. The molecule has 3 aromatic heterocycles. The number of furan rings is 1. The standard InChI is InChI=1S/C44H41N3O2/c1-43(2,3)33-23-31(24-34(28-33)44(4,5)6)32-26-37(46-38(27-32)36-16-7-8-18-40(36)48)30-14-11-15-35(25-30)47(41-19-9-10-21-45-41)39-17-12-13-29-20-22-49-42(29)39/h7-28,48H,1-6H3. The van der Waals surface area contributed by atoms with Crippen LogP contribution in [0.25, 0.3) is 44.6 Å². The lowest BCUT2D eigenvalue weighted by Gasteiger charge is -2.26. The lowest BCUT2D eigenvalue weighted by Crippen LogP contribution is -2.16. The molecule has 7 aromatic rings. The number of benzene rings is 4. The summed E-state index contributed by atoms with van der Waals surface area (Å²) in [6.45, 7) is 13.5. The van der Waals surface area contributed by atoms with Gasteiger partial charge in [-0.15, -0.1) is 0 Å². The van der Waals surface area contributed by atoms with Crippen LogP contribution in [-0.2, 0) is 10.8 Å². The molecule has 0 atom stereocenters. The highest BCUT2D eigenvalue weighted by Crippen LogP contribution is 2.41. The average Bonchev–Trinajstić information content (AvgIpc) is 3.58. The maximum Gasteiger partial charge on any atom is 0.157 e. The number of hydrogen-bond donors (Lipinski definition) is 1. The molecule has 4 aromatic carbocycles. The van der Waals surface area contributed by atoms with Gasteiger partial charge in [0.05, 0.1) is 23.3 Å². The first kappa shape index (κ1) is 31.9. The molecule has 5 heteroatoms. The number of anilines is 3. The van der Waals surface area contributed by atoms with Crippen molar-refractivity contribution >= 4 is 28.2 Å². The van der Waals surface area contributed by atoms with Crippen LogP contribution in [0.2, 0.25) is 0 Å². The molecule has 0 fully saturated rings. The number of para-hydroxylation sites is 2. The van der Waals surface area contributed by atoms with Crippen LogP contribution in [0.5, 0.6) is 5.75 Å². The Labute approximate surface area is 288 Å². The zero-order valence-electron chi connectivity index (χ0n) is 28.9. The van der Waals surface area contributed by atoms with Crippen LogP contribution in [0.4, 0.5) is 17.2 Å². The van der Waals surface area contributed by atoms with Crippen molar-refractivity contribution in [1.29, 1.82) is 0 Å². The number of nitrogens with zero attached hydrogens (tertiary/aromatic N) is 3. The van der Waals surface area contributed by atoms with Crippen molar-refractivity contribution in [3.63, 3.8) is 0 Å². The van der Waals surface area contributed by atoms with Gasteiger partial charge in [-0.05, 0) is 93.7 Å². The van der Waals surface area contributed by atoms with E-state index in [0.717, 1.165) is 50.5 Å². The fraction of sp³-hybridized carbons (Fsp3) is 0.182. The quantitative estimate of drug-likeness (QED) is 0.195. The van der Waals surface area contributed by atoms with Gasteiger partial charge in [0.25, 0.3) is 0 Å². The first-order valence-electron chi connectivity index (χ1n) is 16.7. The van der Waals surface area contributed by atoms with Gasteiger partial charge in [-0.2, -0.15) is 0 Å². The number of fused-ring (bicyclic) bond motifs is 1. The van der Waals surface area contributed by atoms with Crippen molar-refractivity contribution in [1.82, 2.24) is 9.97 Å². The van der Waals surface area contributed by atoms with Gasteiger partial charge in [-0.25, -0.2) is 9.97 Å². The number of pyridine rings is 2. The average molecular weight is 644 g/mol. The fourth-order valence-corrected chi connectivity index (χ4v) is 6.17. The van der Waals surface area contributed by atoms with E-state index in [-0.39, 0.29) is 16.6 Å². The highest BCUT2D eigenvalue weighted by Gasteiger charge is 2.23. The lowest BCUT2D eigenvalue weighted by atomic mass is 9.79. The minimum atomic E-state index is -0.0352.